The van der Waals surface area contributed by atoms with E-state index >= 15 is 0 Å². The molecule has 0 aliphatic carbocycles. The lowest BCUT2D eigenvalue weighted by atomic mass is 9.91. The van der Waals surface area contributed by atoms with Gasteiger partial charge in [-0.3, -0.25) is 4.68 Å². The fourth-order valence-electron chi connectivity index (χ4n) is 1.97. The zero-order valence-electron chi connectivity index (χ0n) is 12.8. The first-order valence-corrected chi connectivity index (χ1v) is 7.17. The topological polar surface area (TPSA) is 29.9 Å². The maximum atomic E-state index is 4.65. The van der Waals surface area contributed by atoms with E-state index in [0.717, 1.165) is 13.0 Å². The summed E-state index contributed by atoms with van der Waals surface area (Å²) in [5.41, 5.74) is 1.22. The maximum Gasteiger partial charge on any atom is 0.0628 e. The summed E-state index contributed by atoms with van der Waals surface area (Å²) in [5, 5.41) is 8.19. The van der Waals surface area contributed by atoms with Crippen LogP contribution in [-0.2, 0) is 6.42 Å². The molecule has 1 atom stereocenters. The Bertz CT molecular complexity index is 339. The largest absolute Gasteiger partial charge is 0.314 e. The first-order chi connectivity index (χ1) is 8.40. The van der Waals surface area contributed by atoms with Gasteiger partial charge in [0.2, 0.25) is 0 Å². The Morgan fingerprint density at radius 3 is 2.28 bits per heavy atom. The first kappa shape index (κ1) is 15.2. The lowest BCUT2D eigenvalue weighted by Crippen LogP contribution is -2.32. The molecule has 0 bridgehead atoms. The average Bonchev–Trinajstić information content (AvgIpc) is 2.71. The molecule has 18 heavy (non-hydrogen) atoms. The standard InChI is InChI=1S/C15H29N3/c1-11(2)14(10-16-12(3)4)9-15-7-8-18(17-15)13(5)6/h7-8,11-14,16H,9-10H2,1-6H3. The third-order valence-electron chi connectivity index (χ3n) is 3.40. The van der Waals surface area contributed by atoms with Crippen LogP contribution in [0.2, 0.25) is 0 Å². The van der Waals surface area contributed by atoms with Crippen LogP contribution in [-0.4, -0.2) is 22.4 Å². The molecule has 0 saturated heterocycles. The fraction of sp³-hybridized carbons (Fsp3) is 0.800. The van der Waals surface area contributed by atoms with Crippen molar-refractivity contribution in [3.63, 3.8) is 0 Å². The Labute approximate surface area is 112 Å². The van der Waals surface area contributed by atoms with Gasteiger partial charge in [-0.15, -0.1) is 0 Å². The number of nitrogens with zero attached hydrogens (tertiary/aromatic N) is 2. The van der Waals surface area contributed by atoms with E-state index in [4.69, 9.17) is 0 Å². The van der Waals surface area contributed by atoms with Crippen molar-refractivity contribution in [3.05, 3.63) is 18.0 Å². The molecule has 1 aromatic heterocycles. The van der Waals surface area contributed by atoms with E-state index in [1.165, 1.54) is 5.69 Å². The van der Waals surface area contributed by atoms with Gasteiger partial charge >= 0.3 is 0 Å². The van der Waals surface area contributed by atoms with Crippen LogP contribution in [0.5, 0.6) is 0 Å². The summed E-state index contributed by atoms with van der Waals surface area (Å²) < 4.78 is 2.04. The molecule has 0 spiro atoms. The van der Waals surface area contributed by atoms with E-state index in [0.29, 0.717) is 23.9 Å². The summed E-state index contributed by atoms with van der Waals surface area (Å²) in [4.78, 5) is 0. The minimum atomic E-state index is 0.449. The van der Waals surface area contributed by atoms with Gasteiger partial charge < -0.3 is 5.32 Å². The molecule has 0 aliphatic rings. The zero-order chi connectivity index (χ0) is 13.7. The van der Waals surface area contributed by atoms with E-state index in [2.05, 4.69) is 64.2 Å². The van der Waals surface area contributed by atoms with Crippen LogP contribution in [0.4, 0.5) is 0 Å². The molecule has 0 aliphatic heterocycles. The molecular formula is C15H29N3. The highest BCUT2D eigenvalue weighted by Crippen LogP contribution is 2.16. The molecule has 1 heterocycles. The first-order valence-electron chi connectivity index (χ1n) is 7.17. The summed E-state index contributed by atoms with van der Waals surface area (Å²) in [6.07, 6.45) is 3.16. The summed E-state index contributed by atoms with van der Waals surface area (Å²) >= 11 is 0. The van der Waals surface area contributed by atoms with E-state index in [1.807, 2.05) is 4.68 Å². The van der Waals surface area contributed by atoms with Crippen molar-refractivity contribution >= 4 is 0 Å². The lowest BCUT2D eigenvalue weighted by Gasteiger charge is -2.22. The molecule has 3 nitrogen and oxygen atoms in total. The monoisotopic (exact) mass is 251 g/mol. The molecule has 0 radical (unpaired) electrons. The van der Waals surface area contributed by atoms with Gasteiger partial charge in [0, 0.05) is 18.3 Å². The van der Waals surface area contributed by atoms with E-state index in [9.17, 15) is 0 Å². The molecule has 0 saturated carbocycles. The van der Waals surface area contributed by atoms with Crippen molar-refractivity contribution in [2.24, 2.45) is 11.8 Å². The Kier molecular flexibility index (Phi) is 5.86. The number of aromatic nitrogens is 2. The predicted octanol–water partition coefficient (Wildman–Crippen LogP) is 3.28. The minimum Gasteiger partial charge on any atom is -0.314 e. The van der Waals surface area contributed by atoms with Crippen molar-refractivity contribution in [1.29, 1.82) is 0 Å². The second kappa shape index (κ2) is 6.93. The molecular weight excluding hydrogens is 222 g/mol. The number of nitrogens with one attached hydrogen (secondary N) is 1. The third-order valence-corrected chi connectivity index (χ3v) is 3.40. The molecule has 1 aromatic rings. The van der Waals surface area contributed by atoms with Crippen molar-refractivity contribution in [2.75, 3.05) is 6.54 Å². The van der Waals surface area contributed by atoms with Gasteiger partial charge in [0.15, 0.2) is 0 Å². The van der Waals surface area contributed by atoms with Gasteiger partial charge in [-0.2, -0.15) is 5.10 Å². The molecule has 0 aromatic carbocycles. The number of hydrogen-bond donors (Lipinski definition) is 1. The van der Waals surface area contributed by atoms with Crippen molar-refractivity contribution < 1.29 is 0 Å². The molecule has 1 unspecified atom stereocenters. The van der Waals surface area contributed by atoms with Crippen LogP contribution in [0.25, 0.3) is 0 Å². The summed E-state index contributed by atoms with van der Waals surface area (Å²) in [5.74, 6) is 1.34. The number of hydrogen-bond acceptors (Lipinski definition) is 2. The summed E-state index contributed by atoms with van der Waals surface area (Å²) in [6.45, 7) is 14.4. The smallest absolute Gasteiger partial charge is 0.0628 e. The van der Waals surface area contributed by atoms with Crippen LogP contribution < -0.4 is 5.32 Å². The highest BCUT2D eigenvalue weighted by Gasteiger charge is 2.16. The van der Waals surface area contributed by atoms with Crippen molar-refractivity contribution in [1.82, 2.24) is 15.1 Å². The minimum absolute atomic E-state index is 0.449. The molecule has 104 valence electrons. The van der Waals surface area contributed by atoms with Gasteiger partial charge in [-0.25, -0.2) is 0 Å². The quantitative estimate of drug-likeness (QED) is 0.806. The molecule has 0 amide bonds. The highest BCUT2D eigenvalue weighted by molar-refractivity contribution is 5.01. The average molecular weight is 251 g/mol. The van der Waals surface area contributed by atoms with Gasteiger partial charge in [-0.05, 0) is 44.7 Å². The number of rotatable bonds is 7. The fourth-order valence-corrected chi connectivity index (χ4v) is 1.97. The summed E-state index contributed by atoms with van der Waals surface area (Å²) in [7, 11) is 0. The van der Waals surface area contributed by atoms with Gasteiger partial charge in [0.25, 0.3) is 0 Å². The van der Waals surface area contributed by atoms with Gasteiger partial charge in [-0.1, -0.05) is 27.7 Å². The van der Waals surface area contributed by atoms with E-state index in [1.54, 1.807) is 0 Å². The molecule has 3 heteroatoms. The third kappa shape index (κ3) is 4.81. The van der Waals surface area contributed by atoms with E-state index in [-0.39, 0.29) is 0 Å². The van der Waals surface area contributed by atoms with Crippen molar-refractivity contribution in [3.8, 4) is 0 Å². The van der Waals surface area contributed by atoms with E-state index < -0.39 is 0 Å². The van der Waals surface area contributed by atoms with Crippen LogP contribution in [0, 0.1) is 11.8 Å². The summed E-state index contributed by atoms with van der Waals surface area (Å²) in [6, 6.07) is 3.16. The molecule has 0 fully saturated rings. The Hall–Kier alpha value is -0.830. The van der Waals surface area contributed by atoms with Crippen LogP contribution in [0.1, 0.15) is 53.3 Å². The second-order valence-corrected chi connectivity index (χ2v) is 6.15. The van der Waals surface area contributed by atoms with Crippen LogP contribution in [0.15, 0.2) is 12.3 Å². The van der Waals surface area contributed by atoms with Gasteiger partial charge in [0.05, 0.1) is 5.69 Å². The predicted molar refractivity (Wildman–Crippen MR) is 77.8 cm³/mol. The zero-order valence-corrected chi connectivity index (χ0v) is 12.8. The lowest BCUT2D eigenvalue weighted by molar-refractivity contribution is 0.345. The molecule has 1 N–H and O–H groups in total. The van der Waals surface area contributed by atoms with Crippen molar-refractivity contribution in [2.45, 2.75) is 60.0 Å². The SMILES string of the molecule is CC(C)NCC(Cc1ccn(C(C)C)n1)C(C)C. The molecule has 1 rings (SSSR count). The Morgan fingerprint density at radius 2 is 1.83 bits per heavy atom. The maximum absolute atomic E-state index is 4.65. The highest BCUT2D eigenvalue weighted by atomic mass is 15.3. The normalized spacial score (nSPS) is 13.8. The van der Waals surface area contributed by atoms with Crippen LogP contribution >= 0.6 is 0 Å². The Morgan fingerprint density at radius 1 is 1.17 bits per heavy atom. The second-order valence-electron chi connectivity index (χ2n) is 6.15. The van der Waals surface area contributed by atoms with Crippen LogP contribution in [0.3, 0.4) is 0 Å². The van der Waals surface area contributed by atoms with Gasteiger partial charge in [0.1, 0.15) is 0 Å². The Balaban J connectivity index is 2.59.